The van der Waals surface area contributed by atoms with E-state index in [1.54, 1.807) is 24.8 Å². The van der Waals surface area contributed by atoms with Crippen LogP contribution < -0.4 is 14.2 Å². The lowest BCUT2D eigenvalue weighted by Crippen LogP contribution is -2.51. The Morgan fingerprint density at radius 1 is 1.14 bits per heavy atom. The maximum absolute atomic E-state index is 14.3. The van der Waals surface area contributed by atoms with E-state index in [0.717, 1.165) is 23.5 Å². The van der Waals surface area contributed by atoms with Gasteiger partial charge in [-0.15, -0.1) is 5.10 Å². The molecule has 0 radical (unpaired) electrons. The lowest BCUT2D eigenvalue weighted by atomic mass is 9.99. The second-order valence-electron chi connectivity index (χ2n) is 13.8. The van der Waals surface area contributed by atoms with Crippen molar-refractivity contribution in [3.05, 3.63) is 58.1 Å². The minimum absolute atomic E-state index is 0.00542. The maximum atomic E-state index is 14.3. The highest BCUT2D eigenvalue weighted by molar-refractivity contribution is 7.89. The molecular weight excluding hydrogens is 724 g/mol. The van der Waals surface area contributed by atoms with Gasteiger partial charge in [-0.3, -0.25) is 4.90 Å². The smallest absolute Gasteiger partial charge is 0.412 e. The number of hydrogen-bond donors (Lipinski definition) is 0. The zero-order valence-corrected chi connectivity index (χ0v) is 31.1. The Morgan fingerprint density at radius 3 is 2.67 bits per heavy atom. The van der Waals surface area contributed by atoms with E-state index in [0.29, 0.717) is 40.3 Å². The molecule has 0 bridgehead atoms. The predicted molar refractivity (Wildman–Crippen MR) is 184 cm³/mol. The molecule has 3 aromatic rings. The van der Waals surface area contributed by atoms with Gasteiger partial charge >= 0.3 is 6.09 Å². The van der Waals surface area contributed by atoms with Crippen molar-refractivity contribution in [1.82, 2.24) is 18.8 Å². The second kappa shape index (κ2) is 14.6. The van der Waals surface area contributed by atoms with E-state index in [1.807, 2.05) is 38.1 Å². The number of rotatable bonds is 12. The lowest BCUT2D eigenvalue weighted by molar-refractivity contribution is -0.0911. The fraction of sp³-hybridized carbons (Fsp3) is 0.559. The molecule has 0 unspecified atom stereocenters. The summed E-state index contributed by atoms with van der Waals surface area (Å²) >= 11 is 7.22. The molecule has 2 aromatic carbocycles. The molecule has 5 heterocycles. The Kier molecular flexibility index (Phi) is 10.4. The highest BCUT2D eigenvalue weighted by atomic mass is 35.5. The monoisotopic (exact) mass is 764 g/mol. The minimum atomic E-state index is -4.02. The average molecular weight is 765 g/mol. The SMILES string of the molecule is CC(C)CN(C[C@H]1OC(C)(C)N(C(=O)O[C@H]2CO[C@H]3OCC[C@H]32)[C@H]1Cc1ccc(OCc2nnsc2Cl)cc1)S(=O)(=O)c1ccc2c(c1)OCO2. The number of ether oxygens (including phenoxy) is 7. The molecule has 51 heavy (non-hydrogen) atoms. The van der Waals surface area contributed by atoms with E-state index < -0.39 is 40.1 Å². The summed E-state index contributed by atoms with van der Waals surface area (Å²) in [4.78, 5) is 15.8. The quantitative estimate of drug-likeness (QED) is 0.242. The summed E-state index contributed by atoms with van der Waals surface area (Å²) in [6.07, 6.45) is -1.05. The van der Waals surface area contributed by atoms with Crippen LogP contribution in [0.25, 0.3) is 0 Å². The Labute approximate surface area is 306 Å². The normalized spacial score (nSPS) is 25.2. The molecule has 1 aromatic heterocycles. The van der Waals surface area contributed by atoms with Crippen LogP contribution in [0.5, 0.6) is 17.2 Å². The molecule has 7 rings (SSSR count). The summed E-state index contributed by atoms with van der Waals surface area (Å²) in [5, 5.41) is 3.99. The summed E-state index contributed by atoms with van der Waals surface area (Å²) in [6, 6.07) is 11.5. The fourth-order valence-corrected chi connectivity index (χ4v) is 9.24. The summed E-state index contributed by atoms with van der Waals surface area (Å²) in [7, 11) is -4.02. The topological polar surface area (TPSA) is 148 Å². The zero-order chi connectivity index (χ0) is 35.9. The van der Waals surface area contributed by atoms with Crippen molar-refractivity contribution in [2.24, 2.45) is 11.8 Å². The third-order valence-corrected chi connectivity index (χ3v) is 12.2. The van der Waals surface area contributed by atoms with Gasteiger partial charge in [0.1, 0.15) is 34.2 Å². The molecule has 5 atom stereocenters. The maximum Gasteiger partial charge on any atom is 0.412 e. The third kappa shape index (κ3) is 7.63. The number of aromatic nitrogens is 2. The van der Waals surface area contributed by atoms with Gasteiger partial charge in [0.2, 0.25) is 16.8 Å². The van der Waals surface area contributed by atoms with Crippen molar-refractivity contribution >= 4 is 39.2 Å². The van der Waals surface area contributed by atoms with E-state index >= 15 is 0 Å². The Hall–Kier alpha value is -3.25. The Bertz CT molecular complexity index is 1830. The summed E-state index contributed by atoms with van der Waals surface area (Å²) < 4.78 is 75.1. The number of fused-ring (bicyclic) bond motifs is 2. The van der Waals surface area contributed by atoms with Crippen LogP contribution in [0.3, 0.4) is 0 Å². The van der Waals surface area contributed by atoms with Gasteiger partial charge in [0.25, 0.3) is 0 Å². The molecule has 14 nitrogen and oxygen atoms in total. The van der Waals surface area contributed by atoms with Crippen LogP contribution in [0.15, 0.2) is 47.4 Å². The van der Waals surface area contributed by atoms with Gasteiger partial charge in [0.05, 0.1) is 36.2 Å². The number of halogens is 1. The number of carbonyl (C=O) groups excluding carboxylic acids is 1. The average Bonchev–Trinajstić information content (AvgIpc) is 3.91. The van der Waals surface area contributed by atoms with Gasteiger partial charge in [-0.05, 0) is 62.4 Å². The van der Waals surface area contributed by atoms with Gasteiger partial charge in [-0.25, -0.2) is 13.2 Å². The van der Waals surface area contributed by atoms with Gasteiger partial charge in [0.15, 0.2) is 17.8 Å². The molecule has 0 spiro atoms. The molecule has 4 aliphatic heterocycles. The van der Waals surface area contributed by atoms with Crippen LogP contribution in [-0.4, -0.2) is 96.7 Å². The van der Waals surface area contributed by atoms with Gasteiger partial charge < -0.3 is 33.2 Å². The van der Waals surface area contributed by atoms with Crippen LogP contribution in [0.2, 0.25) is 4.34 Å². The number of nitrogens with zero attached hydrogens (tertiary/aromatic N) is 4. The van der Waals surface area contributed by atoms with Crippen LogP contribution in [0, 0.1) is 11.8 Å². The fourth-order valence-electron chi connectivity index (χ4n) is 7.01. The molecule has 0 N–H and O–H groups in total. The van der Waals surface area contributed by atoms with Crippen molar-refractivity contribution in [2.45, 2.75) is 82.3 Å². The van der Waals surface area contributed by atoms with Gasteiger partial charge in [-0.1, -0.05) is 42.1 Å². The van der Waals surface area contributed by atoms with E-state index in [4.69, 9.17) is 44.8 Å². The predicted octanol–water partition coefficient (Wildman–Crippen LogP) is 5.09. The Balaban J connectivity index is 1.16. The highest BCUT2D eigenvalue weighted by Gasteiger charge is 2.53. The highest BCUT2D eigenvalue weighted by Crippen LogP contribution is 2.40. The zero-order valence-electron chi connectivity index (χ0n) is 28.7. The standard InChI is InChI=1S/C34H41ClN4O10S2/c1-20(2)15-38(51(41,42)23-9-10-27-28(14-23)47-19-46-27)16-29-26(13-21-5-7-22(8-6-21)44-17-25-31(35)50-37-36-25)39(34(3,4)49-29)33(40)48-30-18-45-32-24(30)11-12-43-32/h5-10,14,20,24,26,29-30,32H,11-13,15-19H2,1-4H3/t24-,26-,29+,30-,32+/m0/s1. The molecule has 4 aliphatic rings. The van der Waals surface area contributed by atoms with Crippen LogP contribution in [0.4, 0.5) is 4.79 Å². The third-order valence-electron chi connectivity index (χ3n) is 9.40. The van der Waals surface area contributed by atoms with E-state index in [-0.39, 0.29) is 56.1 Å². The van der Waals surface area contributed by atoms with Crippen molar-refractivity contribution in [2.75, 3.05) is 33.1 Å². The minimum Gasteiger partial charge on any atom is -0.487 e. The second-order valence-corrected chi connectivity index (χ2v) is 17.1. The molecule has 1 amide bonds. The number of benzene rings is 2. The Morgan fingerprint density at radius 2 is 1.92 bits per heavy atom. The first-order chi connectivity index (χ1) is 24.4. The number of amides is 1. The number of hydrogen-bond acceptors (Lipinski definition) is 13. The van der Waals surface area contributed by atoms with Crippen molar-refractivity contribution in [3.63, 3.8) is 0 Å². The first kappa shape index (κ1) is 36.1. The van der Waals surface area contributed by atoms with Crippen LogP contribution >= 0.6 is 23.1 Å². The first-order valence-electron chi connectivity index (χ1n) is 16.9. The van der Waals surface area contributed by atoms with Gasteiger partial charge in [0, 0.05) is 30.7 Å². The first-order valence-corrected chi connectivity index (χ1v) is 19.5. The van der Waals surface area contributed by atoms with E-state index in [1.165, 1.54) is 16.4 Å². The summed E-state index contributed by atoms with van der Waals surface area (Å²) in [6.45, 7) is 8.69. The molecule has 0 saturated carbocycles. The van der Waals surface area contributed by atoms with Crippen molar-refractivity contribution in [1.29, 1.82) is 0 Å². The van der Waals surface area contributed by atoms with Gasteiger partial charge in [-0.2, -0.15) is 4.31 Å². The largest absolute Gasteiger partial charge is 0.487 e. The lowest BCUT2D eigenvalue weighted by Gasteiger charge is -2.34. The van der Waals surface area contributed by atoms with Crippen molar-refractivity contribution < 1.29 is 46.4 Å². The molecule has 0 aliphatic carbocycles. The summed E-state index contributed by atoms with van der Waals surface area (Å²) in [5.74, 6) is 1.41. The van der Waals surface area contributed by atoms with Crippen LogP contribution in [0.1, 0.15) is 45.4 Å². The molecule has 17 heteroatoms. The molecular formula is C34H41ClN4O10S2. The van der Waals surface area contributed by atoms with E-state index in [9.17, 15) is 13.2 Å². The van der Waals surface area contributed by atoms with E-state index in [2.05, 4.69) is 9.59 Å². The molecule has 3 fully saturated rings. The summed E-state index contributed by atoms with van der Waals surface area (Å²) in [5.41, 5.74) is 0.304. The number of sulfonamides is 1. The van der Waals surface area contributed by atoms with Crippen molar-refractivity contribution in [3.8, 4) is 17.2 Å². The molecule has 276 valence electrons. The molecule has 3 saturated heterocycles. The number of carbonyl (C=O) groups is 1. The van der Waals surface area contributed by atoms with Crippen LogP contribution in [-0.2, 0) is 42.0 Å².